The summed E-state index contributed by atoms with van der Waals surface area (Å²) in [5.41, 5.74) is -0.359. The number of carbonyl (C=O) groups is 1. The first-order chi connectivity index (χ1) is 13.5. The van der Waals surface area contributed by atoms with Gasteiger partial charge in [-0.3, -0.25) is 0 Å². The van der Waals surface area contributed by atoms with Crippen molar-refractivity contribution in [3.05, 3.63) is 71.3 Å². The molecule has 0 bridgehead atoms. The maximum absolute atomic E-state index is 13.6. The summed E-state index contributed by atoms with van der Waals surface area (Å²) < 4.78 is 46.8. The van der Waals surface area contributed by atoms with Gasteiger partial charge in [0.15, 0.2) is 0 Å². The molecule has 2 aromatic rings. The van der Waals surface area contributed by atoms with E-state index in [1.165, 1.54) is 12.1 Å². The van der Waals surface area contributed by atoms with Gasteiger partial charge < -0.3 is 15.0 Å². The summed E-state index contributed by atoms with van der Waals surface area (Å²) in [4.78, 5) is 13.8. The highest BCUT2D eigenvalue weighted by Crippen LogP contribution is 2.39. The SMILES string of the molecule is CC(C)(C)NC(=O)N1CC(OC(c2ccccc2)c2ccccc2C(F)(F)F)C1. The molecule has 0 aliphatic carbocycles. The van der Waals surface area contributed by atoms with E-state index < -0.39 is 17.8 Å². The van der Waals surface area contributed by atoms with E-state index in [1.807, 2.05) is 20.8 Å². The normalized spacial score (nSPS) is 16.3. The quantitative estimate of drug-likeness (QED) is 0.776. The summed E-state index contributed by atoms with van der Waals surface area (Å²) in [7, 11) is 0. The molecule has 1 saturated heterocycles. The van der Waals surface area contributed by atoms with Crippen LogP contribution in [0.3, 0.4) is 0 Å². The summed E-state index contributed by atoms with van der Waals surface area (Å²) in [5.74, 6) is 0. The summed E-state index contributed by atoms with van der Waals surface area (Å²) in [6.45, 7) is 6.33. The second-order valence-electron chi connectivity index (χ2n) is 8.22. The Bertz CT molecular complexity index is 841. The summed E-state index contributed by atoms with van der Waals surface area (Å²) in [6.07, 6.45) is -5.69. The van der Waals surface area contributed by atoms with Gasteiger partial charge in [-0.15, -0.1) is 0 Å². The van der Waals surface area contributed by atoms with Gasteiger partial charge in [0.25, 0.3) is 0 Å². The molecule has 1 fully saturated rings. The number of halogens is 3. The third kappa shape index (κ3) is 5.29. The number of hydrogen-bond donors (Lipinski definition) is 1. The largest absolute Gasteiger partial charge is 0.416 e. The molecule has 1 unspecified atom stereocenters. The highest BCUT2D eigenvalue weighted by molar-refractivity contribution is 5.75. The molecule has 2 aromatic carbocycles. The Morgan fingerprint density at radius 3 is 2.21 bits per heavy atom. The van der Waals surface area contributed by atoms with Crippen molar-refractivity contribution in [1.82, 2.24) is 10.2 Å². The number of urea groups is 1. The minimum atomic E-state index is -4.48. The van der Waals surface area contributed by atoms with Gasteiger partial charge >= 0.3 is 12.2 Å². The van der Waals surface area contributed by atoms with Gasteiger partial charge in [0.05, 0.1) is 24.8 Å². The highest BCUT2D eigenvalue weighted by Gasteiger charge is 2.39. The first kappa shape index (κ1) is 21.2. The molecule has 0 radical (unpaired) electrons. The van der Waals surface area contributed by atoms with Gasteiger partial charge in [0, 0.05) is 5.54 Å². The Labute approximate surface area is 168 Å². The van der Waals surface area contributed by atoms with E-state index in [1.54, 1.807) is 41.3 Å². The molecule has 7 heteroatoms. The molecule has 3 rings (SSSR count). The Morgan fingerprint density at radius 1 is 1.03 bits per heavy atom. The van der Waals surface area contributed by atoms with Gasteiger partial charge in [-0.05, 0) is 38.0 Å². The van der Waals surface area contributed by atoms with E-state index in [0.29, 0.717) is 18.7 Å². The molecule has 4 nitrogen and oxygen atoms in total. The summed E-state index contributed by atoms with van der Waals surface area (Å²) in [6, 6.07) is 14.1. The highest BCUT2D eigenvalue weighted by atomic mass is 19.4. The second-order valence-corrected chi connectivity index (χ2v) is 8.22. The lowest BCUT2D eigenvalue weighted by molar-refractivity contribution is -0.140. The van der Waals surface area contributed by atoms with Crippen LogP contribution in [0.15, 0.2) is 54.6 Å². The summed E-state index contributed by atoms with van der Waals surface area (Å²) >= 11 is 0. The fourth-order valence-electron chi connectivity index (χ4n) is 3.23. The van der Waals surface area contributed by atoms with Crippen molar-refractivity contribution in [2.24, 2.45) is 0 Å². The van der Waals surface area contributed by atoms with E-state index in [0.717, 1.165) is 6.07 Å². The van der Waals surface area contributed by atoms with Crippen LogP contribution in [0, 0.1) is 0 Å². The molecule has 0 spiro atoms. The number of nitrogens with one attached hydrogen (secondary N) is 1. The first-order valence-corrected chi connectivity index (χ1v) is 9.48. The van der Waals surface area contributed by atoms with Crippen molar-refractivity contribution in [1.29, 1.82) is 0 Å². The number of hydrogen-bond acceptors (Lipinski definition) is 2. The lowest BCUT2D eigenvalue weighted by Gasteiger charge is -2.42. The van der Waals surface area contributed by atoms with Crippen molar-refractivity contribution >= 4 is 6.03 Å². The van der Waals surface area contributed by atoms with Crippen LogP contribution in [0.5, 0.6) is 0 Å². The summed E-state index contributed by atoms with van der Waals surface area (Å²) in [5, 5.41) is 2.87. The number of benzene rings is 2. The van der Waals surface area contributed by atoms with E-state index in [2.05, 4.69) is 5.32 Å². The van der Waals surface area contributed by atoms with E-state index in [9.17, 15) is 18.0 Å². The Morgan fingerprint density at radius 2 is 1.62 bits per heavy atom. The molecule has 1 heterocycles. The van der Waals surface area contributed by atoms with Crippen LogP contribution < -0.4 is 5.32 Å². The topological polar surface area (TPSA) is 41.6 Å². The van der Waals surface area contributed by atoms with Gasteiger partial charge in [0.1, 0.15) is 6.10 Å². The van der Waals surface area contributed by atoms with Crippen LogP contribution in [0.25, 0.3) is 0 Å². The van der Waals surface area contributed by atoms with E-state index >= 15 is 0 Å². The standard InChI is InChI=1S/C22H25F3N2O2/c1-21(2,3)26-20(28)27-13-16(14-27)29-19(15-9-5-4-6-10-15)17-11-7-8-12-18(17)22(23,24)25/h4-12,16,19H,13-14H2,1-3H3,(H,26,28). The number of rotatable bonds is 4. The van der Waals surface area contributed by atoms with Crippen molar-refractivity contribution in [3.63, 3.8) is 0 Å². The van der Waals surface area contributed by atoms with Crippen molar-refractivity contribution < 1.29 is 22.7 Å². The Hall–Kier alpha value is -2.54. The van der Waals surface area contributed by atoms with Crippen molar-refractivity contribution in [2.75, 3.05) is 13.1 Å². The molecule has 0 aromatic heterocycles. The fourth-order valence-corrected chi connectivity index (χ4v) is 3.23. The fraction of sp³-hybridized carbons (Fsp3) is 0.409. The minimum absolute atomic E-state index is 0.0730. The number of likely N-dealkylation sites (tertiary alicyclic amines) is 1. The Balaban J connectivity index is 1.79. The maximum atomic E-state index is 13.6. The predicted molar refractivity (Wildman–Crippen MR) is 104 cm³/mol. The number of nitrogens with zero attached hydrogens (tertiary/aromatic N) is 1. The predicted octanol–water partition coefficient (Wildman–Crippen LogP) is 5.00. The van der Waals surface area contributed by atoms with Gasteiger partial charge in [0.2, 0.25) is 0 Å². The van der Waals surface area contributed by atoms with Gasteiger partial charge in [-0.2, -0.15) is 13.2 Å². The van der Waals surface area contributed by atoms with Gasteiger partial charge in [-0.25, -0.2) is 4.79 Å². The zero-order chi connectivity index (χ0) is 21.2. The third-order valence-corrected chi connectivity index (χ3v) is 4.60. The number of ether oxygens (including phenoxy) is 1. The monoisotopic (exact) mass is 406 g/mol. The van der Waals surface area contributed by atoms with Gasteiger partial charge in [-0.1, -0.05) is 48.5 Å². The maximum Gasteiger partial charge on any atom is 0.416 e. The second kappa shape index (κ2) is 8.06. The average Bonchev–Trinajstić information content (AvgIpc) is 2.59. The first-order valence-electron chi connectivity index (χ1n) is 9.48. The molecule has 1 aliphatic heterocycles. The number of amides is 2. The molecule has 0 saturated carbocycles. The zero-order valence-electron chi connectivity index (χ0n) is 16.7. The zero-order valence-corrected chi connectivity index (χ0v) is 16.7. The lowest BCUT2D eigenvalue weighted by Crippen LogP contribution is -2.60. The van der Waals surface area contributed by atoms with Crippen LogP contribution in [0.4, 0.5) is 18.0 Å². The van der Waals surface area contributed by atoms with Crippen molar-refractivity contribution in [3.8, 4) is 0 Å². The third-order valence-electron chi connectivity index (χ3n) is 4.60. The molecular weight excluding hydrogens is 381 g/mol. The Kier molecular flexibility index (Phi) is 5.89. The van der Waals surface area contributed by atoms with E-state index in [-0.39, 0.29) is 23.2 Å². The molecule has 1 atom stereocenters. The lowest BCUT2D eigenvalue weighted by atomic mass is 9.95. The van der Waals surface area contributed by atoms with E-state index in [4.69, 9.17) is 4.74 Å². The molecule has 1 N–H and O–H groups in total. The average molecular weight is 406 g/mol. The van der Waals surface area contributed by atoms with Crippen LogP contribution >= 0.6 is 0 Å². The molecule has 29 heavy (non-hydrogen) atoms. The number of carbonyl (C=O) groups excluding carboxylic acids is 1. The number of alkyl halides is 3. The molecule has 156 valence electrons. The van der Waals surface area contributed by atoms with Crippen LogP contribution in [-0.2, 0) is 10.9 Å². The van der Waals surface area contributed by atoms with Crippen LogP contribution in [0.2, 0.25) is 0 Å². The smallest absolute Gasteiger partial charge is 0.362 e. The molecular formula is C22H25F3N2O2. The molecule has 1 aliphatic rings. The molecule has 2 amide bonds. The van der Waals surface area contributed by atoms with Crippen molar-refractivity contribution in [2.45, 2.75) is 44.7 Å². The van der Waals surface area contributed by atoms with Crippen LogP contribution in [0.1, 0.15) is 43.6 Å². The minimum Gasteiger partial charge on any atom is -0.362 e. The van der Waals surface area contributed by atoms with Crippen LogP contribution in [-0.4, -0.2) is 35.7 Å².